The monoisotopic (exact) mass is 438 g/mol. The number of pyridine rings is 1. The fourth-order valence-electron chi connectivity index (χ4n) is 3.34. The van der Waals surface area contributed by atoms with Gasteiger partial charge < -0.3 is 9.30 Å². The molecule has 0 atom stereocenters. The molecule has 0 radical (unpaired) electrons. The lowest BCUT2D eigenvalue weighted by molar-refractivity contribution is 0.308. The fourth-order valence-corrected chi connectivity index (χ4v) is 3.61. The van der Waals surface area contributed by atoms with Crippen molar-refractivity contribution in [3.05, 3.63) is 93.5 Å². The van der Waals surface area contributed by atoms with E-state index in [-0.39, 0.29) is 5.82 Å². The van der Waals surface area contributed by atoms with Crippen LogP contribution in [0, 0.1) is 19.7 Å². The maximum Gasteiger partial charge on any atom is 0.147 e. The van der Waals surface area contributed by atoms with E-state index in [2.05, 4.69) is 39.3 Å². The predicted molar refractivity (Wildman–Crippen MR) is 113 cm³/mol. The number of hydrogen-bond acceptors (Lipinski definition) is 2. The minimum absolute atomic E-state index is 0.228. The zero-order valence-electron chi connectivity index (χ0n) is 15.7. The average Bonchev–Trinajstić information content (AvgIpc) is 2.95. The van der Waals surface area contributed by atoms with Crippen LogP contribution in [0.5, 0.6) is 5.75 Å². The fraction of sp³-hybridized carbons (Fsp3) is 0.174. The molecule has 4 aromatic rings. The number of nitrogens with zero attached hydrogens (tertiary/aromatic N) is 2. The van der Waals surface area contributed by atoms with Crippen molar-refractivity contribution in [2.45, 2.75) is 27.0 Å². The van der Waals surface area contributed by atoms with E-state index in [0.29, 0.717) is 13.2 Å². The summed E-state index contributed by atoms with van der Waals surface area (Å²) in [4.78, 5) is 4.58. The summed E-state index contributed by atoms with van der Waals surface area (Å²) in [5.41, 5.74) is 6.30. The topological polar surface area (TPSA) is 27.1 Å². The molecule has 0 aliphatic carbocycles. The summed E-state index contributed by atoms with van der Waals surface area (Å²) in [7, 11) is 0. The first-order valence-corrected chi connectivity index (χ1v) is 9.88. The summed E-state index contributed by atoms with van der Waals surface area (Å²) in [6.07, 6.45) is 1.79. The SMILES string of the molecule is Cc1c(C)n(Cc2ccc(F)cc2)c2c(OCc3ccc(Br)cc3)ccnc12. The molecule has 0 bridgehead atoms. The number of rotatable bonds is 5. The van der Waals surface area contributed by atoms with Crippen LogP contribution < -0.4 is 4.74 Å². The van der Waals surface area contributed by atoms with Crippen molar-refractivity contribution >= 4 is 27.0 Å². The Balaban J connectivity index is 1.71. The Kier molecular flexibility index (Phi) is 5.18. The van der Waals surface area contributed by atoms with Gasteiger partial charge in [0, 0.05) is 29.0 Å². The van der Waals surface area contributed by atoms with Crippen LogP contribution in [0.25, 0.3) is 11.0 Å². The molecule has 142 valence electrons. The predicted octanol–water partition coefficient (Wildman–Crippen LogP) is 6.18. The van der Waals surface area contributed by atoms with Gasteiger partial charge in [-0.1, -0.05) is 40.2 Å². The lowest BCUT2D eigenvalue weighted by atomic mass is 10.2. The molecule has 28 heavy (non-hydrogen) atoms. The molecule has 0 fully saturated rings. The van der Waals surface area contributed by atoms with Crippen molar-refractivity contribution in [2.75, 3.05) is 0 Å². The highest BCUT2D eigenvalue weighted by Crippen LogP contribution is 2.32. The lowest BCUT2D eigenvalue weighted by Crippen LogP contribution is -2.04. The number of halogens is 2. The number of fused-ring (bicyclic) bond motifs is 1. The van der Waals surface area contributed by atoms with Crippen LogP contribution in [0.3, 0.4) is 0 Å². The van der Waals surface area contributed by atoms with E-state index in [1.54, 1.807) is 6.20 Å². The van der Waals surface area contributed by atoms with E-state index in [1.807, 2.05) is 42.5 Å². The van der Waals surface area contributed by atoms with Gasteiger partial charge in [-0.25, -0.2) is 4.39 Å². The standard InChI is InChI=1S/C23H20BrFN2O/c1-15-16(2)27(13-17-5-9-20(25)10-6-17)23-21(11-12-26-22(15)23)28-14-18-3-7-19(24)8-4-18/h3-12H,13-14H2,1-2H3. The van der Waals surface area contributed by atoms with Crippen molar-refractivity contribution in [2.24, 2.45) is 0 Å². The van der Waals surface area contributed by atoms with Crippen LogP contribution >= 0.6 is 15.9 Å². The van der Waals surface area contributed by atoms with Crippen LogP contribution in [0.2, 0.25) is 0 Å². The summed E-state index contributed by atoms with van der Waals surface area (Å²) in [6, 6.07) is 16.6. The largest absolute Gasteiger partial charge is 0.487 e. The Labute approximate surface area is 171 Å². The number of ether oxygens (including phenoxy) is 1. The number of benzene rings is 2. The molecule has 0 aliphatic rings. The minimum Gasteiger partial charge on any atom is -0.487 e. The quantitative estimate of drug-likeness (QED) is 0.371. The molecule has 0 aliphatic heterocycles. The molecule has 2 heterocycles. The Morgan fingerprint density at radius 2 is 1.64 bits per heavy atom. The van der Waals surface area contributed by atoms with Crippen molar-refractivity contribution in [1.29, 1.82) is 0 Å². The van der Waals surface area contributed by atoms with Crippen LogP contribution in [-0.4, -0.2) is 9.55 Å². The first kappa shape index (κ1) is 18.7. The molecule has 2 aromatic heterocycles. The summed E-state index contributed by atoms with van der Waals surface area (Å²) in [6.45, 7) is 5.27. The highest BCUT2D eigenvalue weighted by atomic mass is 79.9. The normalized spacial score (nSPS) is 11.1. The molecule has 0 saturated heterocycles. The molecular weight excluding hydrogens is 419 g/mol. The summed E-state index contributed by atoms with van der Waals surface area (Å²) < 4.78 is 22.7. The van der Waals surface area contributed by atoms with Gasteiger partial charge >= 0.3 is 0 Å². The van der Waals surface area contributed by atoms with E-state index in [9.17, 15) is 4.39 Å². The van der Waals surface area contributed by atoms with Crippen LogP contribution in [0.1, 0.15) is 22.4 Å². The van der Waals surface area contributed by atoms with Crippen molar-refractivity contribution in [1.82, 2.24) is 9.55 Å². The van der Waals surface area contributed by atoms with Gasteiger partial charge in [-0.05, 0) is 54.8 Å². The highest BCUT2D eigenvalue weighted by molar-refractivity contribution is 9.10. The van der Waals surface area contributed by atoms with Crippen molar-refractivity contribution in [3.63, 3.8) is 0 Å². The Morgan fingerprint density at radius 3 is 2.36 bits per heavy atom. The number of aromatic nitrogens is 2. The van der Waals surface area contributed by atoms with E-state index >= 15 is 0 Å². The lowest BCUT2D eigenvalue weighted by Gasteiger charge is -2.13. The van der Waals surface area contributed by atoms with Crippen LogP contribution in [0.15, 0.2) is 65.3 Å². The van der Waals surface area contributed by atoms with E-state index in [1.165, 1.54) is 12.1 Å². The smallest absolute Gasteiger partial charge is 0.147 e. The molecule has 0 unspecified atom stereocenters. The van der Waals surface area contributed by atoms with Gasteiger partial charge in [-0.2, -0.15) is 0 Å². The molecule has 0 spiro atoms. The summed E-state index contributed by atoms with van der Waals surface area (Å²) in [5, 5.41) is 0. The summed E-state index contributed by atoms with van der Waals surface area (Å²) >= 11 is 3.45. The van der Waals surface area contributed by atoms with Gasteiger partial charge in [0.1, 0.15) is 23.7 Å². The Hall–Kier alpha value is -2.66. The molecule has 0 amide bonds. The van der Waals surface area contributed by atoms with Gasteiger partial charge in [-0.15, -0.1) is 0 Å². The molecule has 0 saturated carbocycles. The second kappa shape index (κ2) is 7.76. The Morgan fingerprint density at radius 1 is 0.964 bits per heavy atom. The summed E-state index contributed by atoms with van der Waals surface area (Å²) in [5.74, 6) is 0.570. The second-order valence-electron chi connectivity index (χ2n) is 6.84. The third-order valence-corrected chi connectivity index (χ3v) is 5.55. The third-order valence-electron chi connectivity index (χ3n) is 5.02. The number of aryl methyl sites for hydroxylation is 1. The number of hydrogen-bond donors (Lipinski definition) is 0. The zero-order chi connectivity index (χ0) is 19.7. The maximum atomic E-state index is 13.3. The van der Waals surface area contributed by atoms with Crippen molar-refractivity contribution < 1.29 is 9.13 Å². The van der Waals surface area contributed by atoms with Gasteiger partial charge in [0.15, 0.2) is 0 Å². The van der Waals surface area contributed by atoms with Gasteiger partial charge in [0.2, 0.25) is 0 Å². The molecule has 4 rings (SSSR count). The van der Waals surface area contributed by atoms with Gasteiger partial charge in [0.05, 0.1) is 5.52 Å². The van der Waals surface area contributed by atoms with E-state index < -0.39 is 0 Å². The third kappa shape index (κ3) is 3.67. The van der Waals surface area contributed by atoms with Gasteiger partial charge in [-0.3, -0.25) is 4.98 Å². The molecule has 0 N–H and O–H groups in total. The van der Waals surface area contributed by atoms with Crippen molar-refractivity contribution in [3.8, 4) is 5.75 Å². The highest BCUT2D eigenvalue weighted by Gasteiger charge is 2.17. The molecule has 3 nitrogen and oxygen atoms in total. The zero-order valence-corrected chi connectivity index (χ0v) is 17.3. The Bertz CT molecular complexity index is 1120. The first-order chi connectivity index (χ1) is 13.5. The van der Waals surface area contributed by atoms with Crippen LogP contribution in [0.4, 0.5) is 4.39 Å². The average molecular weight is 439 g/mol. The molecule has 5 heteroatoms. The van der Waals surface area contributed by atoms with Crippen LogP contribution in [-0.2, 0) is 13.2 Å². The molecular formula is C23H20BrFN2O. The van der Waals surface area contributed by atoms with E-state index in [0.717, 1.165) is 43.6 Å². The maximum absolute atomic E-state index is 13.3. The molecule has 2 aromatic carbocycles. The van der Waals surface area contributed by atoms with Gasteiger partial charge in [0.25, 0.3) is 0 Å². The first-order valence-electron chi connectivity index (χ1n) is 9.09. The second-order valence-corrected chi connectivity index (χ2v) is 7.76. The van der Waals surface area contributed by atoms with E-state index in [4.69, 9.17) is 4.74 Å². The minimum atomic E-state index is -0.228.